The van der Waals surface area contributed by atoms with E-state index in [4.69, 9.17) is 4.74 Å². The van der Waals surface area contributed by atoms with Crippen molar-refractivity contribution in [3.8, 4) is 0 Å². The first-order valence-electron chi connectivity index (χ1n) is 33.8. The van der Waals surface area contributed by atoms with Gasteiger partial charge in [0.05, 0.1) is 25.4 Å². The predicted molar refractivity (Wildman–Crippen MR) is 329 cm³/mol. The van der Waals surface area contributed by atoms with Crippen molar-refractivity contribution in [2.75, 3.05) is 13.2 Å². The van der Waals surface area contributed by atoms with Crippen molar-refractivity contribution < 1.29 is 24.5 Å². The highest BCUT2D eigenvalue weighted by Crippen LogP contribution is 2.18. The second kappa shape index (κ2) is 64.6. The molecule has 0 saturated carbocycles. The number of hydrogen-bond acceptors (Lipinski definition) is 5. The third-order valence-electron chi connectivity index (χ3n) is 15.7. The van der Waals surface area contributed by atoms with Crippen molar-refractivity contribution in [3.63, 3.8) is 0 Å². The Bertz CT molecular complexity index is 1210. The van der Waals surface area contributed by atoms with Crippen LogP contribution >= 0.6 is 0 Å². The molecule has 0 radical (unpaired) electrons. The van der Waals surface area contributed by atoms with Gasteiger partial charge in [-0.3, -0.25) is 9.59 Å². The number of esters is 1. The Kier molecular flexibility index (Phi) is 63.0. The van der Waals surface area contributed by atoms with Gasteiger partial charge in [0, 0.05) is 12.8 Å². The highest BCUT2D eigenvalue weighted by molar-refractivity contribution is 5.76. The number of unbranched alkanes of at least 4 members (excludes halogenated alkanes) is 48. The molecule has 0 heterocycles. The Balaban J connectivity index is 3.35. The molecule has 442 valence electrons. The van der Waals surface area contributed by atoms with Gasteiger partial charge >= 0.3 is 5.97 Å². The van der Waals surface area contributed by atoms with Crippen molar-refractivity contribution in [2.24, 2.45) is 0 Å². The number of rotatable bonds is 63. The fourth-order valence-corrected chi connectivity index (χ4v) is 10.5. The van der Waals surface area contributed by atoms with Gasteiger partial charge in [-0.05, 0) is 57.8 Å². The average molecular weight is 1050 g/mol. The number of amides is 1. The topological polar surface area (TPSA) is 95.9 Å². The van der Waals surface area contributed by atoms with Gasteiger partial charge in [-0.2, -0.15) is 0 Å². The van der Waals surface area contributed by atoms with Gasteiger partial charge in [0.15, 0.2) is 0 Å². The summed E-state index contributed by atoms with van der Waals surface area (Å²) >= 11 is 0. The lowest BCUT2D eigenvalue weighted by molar-refractivity contribution is -0.143. The molecule has 0 aliphatic heterocycles. The van der Waals surface area contributed by atoms with Crippen LogP contribution in [0.3, 0.4) is 0 Å². The first kappa shape index (κ1) is 73.1. The fourth-order valence-electron chi connectivity index (χ4n) is 10.5. The minimum atomic E-state index is -0.842. The van der Waals surface area contributed by atoms with Crippen LogP contribution in [0.2, 0.25) is 0 Å². The van der Waals surface area contributed by atoms with E-state index in [0.717, 1.165) is 51.4 Å². The lowest BCUT2D eigenvalue weighted by atomic mass is 10.0. The van der Waals surface area contributed by atoms with Crippen molar-refractivity contribution in [1.82, 2.24) is 5.32 Å². The molecule has 0 aromatic rings. The van der Waals surface area contributed by atoms with Crippen LogP contribution in [0.15, 0.2) is 36.5 Å². The zero-order valence-electron chi connectivity index (χ0n) is 50.5. The molecule has 0 fully saturated rings. The maximum Gasteiger partial charge on any atom is 0.305 e. The molecule has 2 atom stereocenters. The van der Waals surface area contributed by atoms with E-state index in [1.165, 1.54) is 289 Å². The lowest BCUT2D eigenvalue weighted by Gasteiger charge is -2.20. The summed E-state index contributed by atoms with van der Waals surface area (Å²) in [7, 11) is 0. The van der Waals surface area contributed by atoms with E-state index in [1.54, 1.807) is 6.08 Å². The number of carbonyl (C=O) groups is 2. The summed E-state index contributed by atoms with van der Waals surface area (Å²) in [5.74, 6) is -0.0580. The van der Waals surface area contributed by atoms with E-state index in [0.29, 0.717) is 19.4 Å². The molecule has 6 heteroatoms. The highest BCUT2D eigenvalue weighted by Gasteiger charge is 2.18. The average Bonchev–Trinajstić information content (AvgIpc) is 3.41. The van der Waals surface area contributed by atoms with Crippen LogP contribution in [0.1, 0.15) is 367 Å². The van der Waals surface area contributed by atoms with E-state index < -0.39 is 12.1 Å². The zero-order valence-corrected chi connectivity index (χ0v) is 50.5. The van der Waals surface area contributed by atoms with Crippen molar-refractivity contribution >= 4 is 11.9 Å². The molecule has 0 aliphatic carbocycles. The van der Waals surface area contributed by atoms with Crippen molar-refractivity contribution in [1.29, 1.82) is 0 Å². The first-order chi connectivity index (χ1) is 37.0. The predicted octanol–water partition coefficient (Wildman–Crippen LogP) is 21.5. The second-order valence-electron chi connectivity index (χ2n) is 23.2. The normalized spacial score (nSPS) is 12.7. The lowest BCUT2D eigenvalue weighted by Crippen LogP contribution is -2.45. The van der Waals surface area contributed by atoms with Crippen LogP contribution < -0.4 is 5.32 Å². The Morgan fingerprint density at radius 3 is 1.05 bits per heavy atom. The molecule has 6 nitrogen and oxygen atoms in total. The third-order valence-corrected chi connectivity index (χ3v) is 15.7. The van der Waals surface area contributed by atoms with Crippen LogP contribution in [-0.4, -0.2) is 47.4 Å². The van der Waals surface area contributed by atoms with E-state index in [-0.39, 0.29) is 18.5 Å². The van der Waals surface area contributed by atoms with Crippen LogP contribution in [-0.2, 0) is 14.3 Å². The van der Waals surface area contributed by atoms with Gasteiger partial charge < -0.3 is 20.3 Å². The molecule has 75 heavy (non-hydrogen) atoms. The monoisotopic (exact) mass is 1050 g/mol. The highest BCUT2D eigenvalue weighted by atomic mass is 16.5. The number of hydrogen-bond donors (Lipinski definition) is 3. The van der Waals surface area contributed by atoms with Crippen LogP contribution in [0.5, 0.6) is 0 Å². The van der Waals surface area contributed by atoms with E-state index in [9.17, 15) is 19.8 Å². The summed E-state index contributed by atoms with van der Waals surface area (Å²) in [6, 6.07) is -0.625. The summed E-state index contributed by atoms with van der Waals surface area (Å²) < 4.78 is 5.48. The molecule has 0 aromatic heterocycles. The first-order valence-corrected chi connectivity index (χ1v) is 33.8. The van der Waals surface area contributed by atoms with Gasteiger partial charge in [-0.1, -0.05) is 333 Å². The molecule has 2 unspecified atom stereocenters. The van der Waals surface area contributed by atoms with Gasteiger partial charge in [-0.15, -0.1) is 0 Å². The van der Waals surface area contributed by atoms with Crippen LogP contribution in [0, 0.1) is 0 Å². The Morgan fingerprint density at radius 2 is 0.680 bits per heavy atom. The van der Waals surface area contributed by atoms with E-state index in [1.807, 2.05) is 6.08 Å². The number of carbonyl (C=O) groups excluding carboxylic acids is 2. The molecule has 0 spiro atoms. The molecule has 0 saturated heterocycles. The minimum Gasteiger partial charge on any atom is -0.466 e. The molecule has 0 bridgehead atoms. The largest absolute Gasteiger partial charge is 0.466 e. The second-order valence-corrected chi connectivity index (χ2v) is 23.2. The molecule has 0 rings (SSSR count). The standard InChI is InChI=1S/C69H131NO5/c1-3-5-7-9-11-13-15-17-34-37-41-45-49-53-57-61-67(72)66(65-71)70-68(73)62-58-54-50-46-42-38-35-32-30-28-26-24-22-20-19-21-23-25-27-29-31-33-36-40-44-48-52-56-60-64-75-69(74)63-59-55-51-47-43-39-18-16-14-12-10-8-6-4-2/h10,12,16,18,57,61,66-67,71-72H,3-9,11,13-15,17,19-56,58-60,62-65H2,1-2H3,(H,70,73)/b12-10-,18-16-,61-57+. The summed E-state index contributed by atoms with van der Waals surface area (Å²) in [6.07, 6.45) is 82.1. The molecule has 1 amide bonds. The van der Waals surface area contributed by atoms with Gasteiger partial charge in [0.2, 0.25) is 5.91 Å². The van der Waals surface area contributed by atoms with E-state index in [2.05, 4.69) is 43.5 Å². The van der Waals surface area contributed by atoms with Gasteiger partial charge in [-0.25, -0.2) is 0 Å². The molecule has 0 aliphatic rings. The molecular formula is C69H131NO5. The maximum absolute atomic E-state index is 12.5. The number of ether oxygens (including phenoxy) is 1. The Labute approximate surface area is 468 Å². The summed E-state index contributed by atoms with van der Waals surface area (Å²) in [4.78, 5) is 24.5. The quantitative estimate of drug-likeness (QED) is 0.0320. The molecular weight excluding hydrogens is 923 g/mol. The third kappa shape index (κ3) is 61.2. The smallest absolute Gasteiger partial charge is 0.305 e. The van der Waals surface area contributed by atoms with Gasteiger partial charge in [0.1, 0.15) is 0 Å². The van der Waals surface area contributed by atoms with Gasteiger partial charge in [0.25, 0.3) is 0 Å². The van der Waals surface area contributed by atoms with Crippen molar-refractivity contribution in [3.05, 3.63) is 36.5 Å². The molecule has 0 aromatic carbocycles. The van der Waals surface area contributed by atoms with Crippen molar-refractivity contribution in [2.45, 2.75) is 379 Å². The number of allylic oxidation sites excluding steroid dienone is 5. The minimum absolute atomic E-state index is 0.00461. The summed E-state index contributed by atoms with van der Waals surface area (Å²) in [5.41, 5.74) is 0. The number of nitrogens with one attached hydrogen (secondary N) is 1. The SMILES string of the molecule is CCCC/C=C\C/C=C\CCCCCCCC(=O)OCCCCCCCCCCCCCCCCCCCCCCCCCCCCCCCC(=O)NC(CO)C(O)/C=C/CCCCCCCCCCCCCCC. The summed E-state index contributed by atoms with van der Waals surface area (Å²) in [5, 5.41) is 23.2. The maximum atomic E-state index is 12.5. The van der Waals surface area contributed by atoms with E-state index >= 15 is 0 Å². The van der Waals surface area contributed by atoms with Crippen LogP contribution in [0.25, 0.3) is 0 Å². The number of aliphatic hydroxyl groups is 2. The summed E-state index contributed by atoms with van der Waals surface area (Å²) in [6.45, 7) is 4.88. The number of aliphatic hydroxyl groups excluding tert-OH is 2. The fraction of sp³-hybridized carbons (Fsp3) is 0.884. The van der Waals surface area contributed by atoms with Crippen LogP contribution in [0.4, 0.5) is 0 Å². The Hall–Kier alpha value is -1.92. The molecule has 3 N–H and O–H groups in total. The Morgan fingerprint density at radius 1 is 0.373 bits per heavy atom. The zero-order chi connectivity index (χ0) is 54.3.